The van der Waals surface area contributed by atoms with Crippen molar-refractivity contribution in [2.45, 2.75) is 32.2 Å². The molecule has 2 saturated heterocycles. The third-order valence-corrected chi connectivity index (χ3v) is 7.93. The van der Waals surface area contributed by atoms with Crippen molar-refractivity contribution < 1.29 is 14.0 Å². The van der Waals surface area contributed by atoms with E-state index in [0.717, 1.165) is 63.5 Å². The van der Waals surface area contributed by atoms with Crippen molar-refractivity contribution in [2.24, 2.45) is 11.8 Å². The number of halogens is 1. The average molecular weight is 517 g/mol. The van der Waals surface area contributed by atoms with Crippen LogP contribution in [0.5, 0.6) is 0 Å². The van der Waals surface area contributed by atoms with E-state index in [1.54, 1.807) is 0 Å². The van der Waals surface area contributed by atoms with Crippen LogP contribution in [0, 0.1) is 18.8 Å². The molecule has 2 bridgehead atoms. The Labute approximate surface area is 206 Å². The average Bonchev–Trinajstić information content (AvgIpc) is 3.22. The van der Waals surface area contributed by atoms with E-state index in [1.165, 1.54) is 0 Å². The monoisotopic (exact) mass is 516 g/mol. The number of aryl methyl sites for hydroxylation is 1. The fourth-order valence-electron chi connectivity index (χ4n) is 5.77. The maximum Gasteiger partial charge on any atom is 0.254 e. The van der Waals surface area contributed by atoms with E-state index in [1.807, 2.05) is 72.5 Å². The van der Waals surface area contributed by atoms with E-state index in [-0.39, 0.29) is 23.8 Å². The first kappa shape index (κ1) is 21.4. The van der Waals surface area contributed by atoms with Crippen LogP contribution in [0.25, 0.3) is 21.9 Å². The van der Waals surface area contributed by atoms with E-state index in [9.17, 15) is 9.59 Å². The Balaban J connectivity index is 1.25. The SMILES string of the molecule is Cc1cc(Br)ccc1C(=O)N1C[C@@H]2CC[C@H]1[C@H](C(=O)Nc1ccc3oc4ccccc4c3c1)C2. The topological polar surface area (TPSA) is 62.6 Å². The highest BCUT2D eigenvalue weighted by atomic mass is 79.9. The molecule has 6 heteroatoms. The zero-order valence-corrected chi connectivity index (χ0v) is 20.5. The van der Waals surface area contributed by atoms with Crippen LogP contribution in [0.4, 0.5) is 5.69 Å². The summed E-state index contributed by atoms with van der Waals surface area (Å²) < 4.78 is 6.87. The lowest BCUT2D eigenvalue weighted by molar-refractivity contribution is -0.126. The minimum absolute atomic E-state index is 0.00752. The number of piperidine rings is 2. The number of nitrogens with one attached hydrogen (secondary N) is 1. The number of amides is 2. The smallest absolute Gasteiger partial charge is 0.254 e. The molecule has 3 aliphatic rings. The molecule has 1 saturated carbocycles. The second-order valence-corrected chi connectivity index (χ2v) is 10.5. The first-order valence-electron chi connectivity index (χ1n) is 11.8. The van der Waals surface area contributed by atoms with Crippen LogP contribution in [-0.4, -0.2) is 29.3 Å². The molecular formula is C28H25BrN2O3. The minimum atomic E-state index is -0.205. The molecule has 0 unspecified atom stereocenters. The second-order valence-electron chi connectivity index (χ2n) is 9.57. The van der Waals surface area contributed by atoms with Crippen molar-refractivity contribution in [3.05, 3.63) is 76.3 Å². The van der Waals surface area contributed by atoms with Crippen molar-refractivity contribution >= 4 is 55.4 Å². The number of para-hydroxylation sites is 1. The van der Waals surface area contributed by atoms with E-state index in [2.05, 4.69) is 21.2 Å². The quantitative estimate of drug-likeness (QED) is 0.336. The van der Waals surface area contributed by atoms with Gasteiger partial charge in [-0.15, -0.1) is 0 Å². The van der Waals surface area contributed by atoms with Crippen LogP contribution >= 0.6 is 15.9 Å². The lowest BCUT2D eigenvalue weighted by Gasteiger charge is -2.49. The van der Waals surface area contributed by atoms with Gasteiger partial charge in [-0.2, -0.15) is 0 Å². The Morgan fingerprint density at radius 1 is 1.00 bits per heavy atom. The Hall–Kier alpha value is -3.12. The van der Waals surface area contributed by atoms with Gasteiger partial charge in [0.05, 0.1) is 5.92 Å². The summed E-state index contributed by atoms with van der Waals surface area (Å²) in [6.07, 6.45) is 2.77. The molecule has 3 atom stereocenters. The molecule has 1 N–H and O–H groups in total. The van der Waals surface area contributed by atoms with E-state index in [4.69, 9.17) is 4.42 Å². The van der Waals surface area contributed by atoms with Gasteiger partial charge in [0.1, 0.15) is 11.2 Å². The number of rotatable bonds is 3. The zero-order chi connectivity index (χ0) is 23.4. The summed E-state index contributed by atoms with van der Waals surface area (Å²) in [5.74, 6) is 0.181. The van der Waals surface area contributed by atoms with Crippen molar-refractivity contribution in [3.63, 3.8) is 0 Å². The van der Waals surface area contributed by atoms with Gasteiger partial charge < -0.3 is 14.6 Å². The summed E-state index contributed by atoms with van der Waals surface area (Å²) in [5.41, 5.74) is 4.06. The first-order chi connectivity index (χ1) is 16.5. The van der Waals surface area contributed by atoms with Gasteiger partial charge in [-0.1, -0.05) is 34.1 Å². The number of fused-ring (bicyclic) bond motifs is 6. The van der Waals surface area contributed by atoms with Gasteiger partial charge in [-0.05, 0) is 80.1 Å². The summed E-state index contributed by atoms with van der Waals surface area (Å²) in [6.45, 7) is 2.69. The fraction of sp³-hybridized carbons (Fsp3) is 0.286. The standard InChI is InChI=1S/C28H25BrN2O3/c1-16-12-18(29)7-9-20(16)28(33)31-15-17-6-10-24(31)23(13-17)27(32)30-19-8-11-26-22(14-19)21-4-2-3-5-25(21)34-26/h2-5,7-9,11-12,14,17,23-24H,6,10,13,15H2,1H3,(H,30,32)/t17-,23-,24+/m1/s1. The molecule has 0 spiro atoms. The Morgan fingerprint density at radius 2 is 1.82 bits per heavy atom. The van der Waals surface area contributed by atoms with Crippen LogP contribution in [0.3, 0.4) is 0 Å². The largest absolute Gasteiger partial charge is 0.456 e. The van der Waals surface area contributed by atoms with Crippen molar-refractivity contribution in [2.75, 3.05) is 11.9 Å². The van der Waals surface area contributed by atoms with Gasteiger partial charge in [0.2, 0.25) is 5.91 Å². The zero-order valence-electron chi connectivity index (χ0n) is 18.9. The second kappa shape index (κ2) is 8.27. The van der Waals surface area contributed by atoms with Crippen LogP contribution < -0.4 is 5.32 Å². The number of nitrogens with zero attached hydrogens (tertiary/aromatic N) is 1. The third-order valence-electron chi connectivity index (χ3n) is 7.44. The number of hydrogen-bond donors (Lipinski definition) is 1. The summed E-state index contributed by atoms with van der Waals surface area (Å²) >= 11 is 3.48. The molecule has 1 aliphatic carbocycles. The van der Waals surface area contributed by atoms with Crippen LogP contribution in [0.2, 0.25) is 0 Å². The highest BCUT2D eigenvalue weighted by Gasteiger charge is 2.46. The molecule has 2 aliphatic heterocycles. The summed E-state index contributed by atoms with van der Waals surface area (Å²) in [4.78, 5) is 28.8. The Kier molecular flexibility index (Phi) is 5.21. The van der Waals surface area contributed by atoms with Gasteiger partial charge in [0, 0.05) is 39.1 Å². The van der Waals surface area contributed by atoms with Gasteiger partial charge >= 0.3 is 0 Å². The summed E-state index contributed by atoms with van der Waals surface area (Å²) in [5, 5.41) is 5.16. The van der Waals surface area contributed by atoms with E-state index >= 15 is 0 Å². The molecule has 0 radical (unpaired) electrons. The third kappa shape index (κ3) is 3.61. The predicted molar refractivity (Wildman–Crippen MR) is 137 cm³/mol. The van der Waals surface area contributed by atoms with Crippen LogP contribution in [-0.2, 0) is 4.79 Å². The van der Waals surface area contributed by atoms with Gasteiger partial charge in [0.15, 0.2) is 0 Å². The van der Waals surface area contributed by atoms with Gasteiger partial charge in [-0.25, -0.2) is 0 Å². The van der Waals surface area contributed by atoms with Gasteiger partial charge in [0.25, 0.3) is 5.91 Å². The number of anilines is 1. The highest BCUT2D eigenvalue weighted by molar-refractivity contribution is 9.10. The molecule has 3 fully saturated rings. The summed E-state index contributed by atoms with van der Waals surface area (Å²) in [6, 6.07) is 19.4. The number of carbonyl (C=O) groups is 2. The van der Waals surface area contributed by atoms with Crippen LogP contribution in [0.1, 0.15) is 35.2 Å². The maximum absolute atomic E-state index is 13.5. The van der Waals surface area contributed by atoms with Crippen LogP contribution in [0.15, 0.2) is 69.6 Å². The molecule has 4 aromatic rings. The van der Waals surface area contributed by atoms with Crippen molar-refractivity contribution in [1.29, 1.82) is 0 Å². The molecule has 1 aromatic heterocycles. The molecule has 3 heterocycles. The lowest BCUT2D eigenvalue weighted by atomic mass is 9.72. The Bertz CT molecular complexity index is 1440. The van der Waals surface area contributed by atoms with Crippen molar-refractivity contribution in [3.8, 4) is 0 Å². The normalized spacial score (nSPS) is 21.8. The minimum Gasteiger partial charge on any atom is -0.456 e. The molecule has 5 nitrogen and oxygen atoms in total. The molecular weight excluding hydrogens is 492 g/mol. The van der Waals surface area contributed by atoms with E-state index < -0.39 is 0 Å². The molecule has 34 heavy (non-hydrogen) atoms. The first-order valence-corrected chi connectivity index (χ1v) is 12.6. The number of furan rings is 1. The van der Waals surface area contributed by atoms with Crippen molar-refractivity contribution in [1.82, 2.24) is 4.90 Å². The lowest BCUT2D eigenvalue weighted by Crippen LogP contribution is -2.58. The number of carbonyl (C=O) groups excluding carboxylic acids is 2. The number of benzene rings is 3. The molecule has 7 rings (SSSR count). The fourth-order valence-corrected chi connectivity index (χ4v) is 6.25. The van der Waals surface area contributed by atoms with E-state index in [0.29, 0.717) is 11.5 Å². The maximum atomic E-state index is 13.5. The Morgan fingerprint density at radius 3 is 2.65 bits per heavy atom. The highest BCUT2D eigenvalue weighted by Crippen LogP contribution is 2.41. The molecule has 2 amide bonds. The number of hydrogen-bond acceptors (Lipinski definition) is 3. The predicted octanol–water partition coefficient (Wildman–Crippen LogP) is 6.54. The van der Waals surface area contributed by atoms with Gasteiger partial charge in [-0.3, -0.25) is 9.59 Å². The molecule has 3 aromatic carbocycles. The summed E-state index contributed by atoms with van der Waals surface area (Å²) in [7, 11) is 0. The molecule has 172 valence electrons.